The molecule has 168 valence electrons. The van der Waals surface area contributed by atoms with Crippen LogP contribution in [-0.4, -0.2) is 29.2 Å². The summed E-state index contributed by atoms with van der Waals surface area (Å²) in [5, 5.41) is 3.12. The first-order valence-corrected chi connectivity index (χ1v) is 21.4. The third-order valence-corrected chi connectivity index (χ3v) is 71.5. The second-order valence-electron chi connectivity index (χ2n) is 14.6. The van der Waals surface area contributed by atoms with Gasteiger partial charge in [-0.2, -0.15) is 0 Å². The molecule has 10 saturated heterocycles. The molecular formula is C27H28F2FeP2. The van der Waals surface area contributed by atoms with Crippen molar-refractivity contribution >= 4 is 27.1 Å². The molecule has 32 heavy (non-hydrogen) atoms. The van der Waals surface area contributed by atoms with Crippen molar-refractivity contribution in [3.05, 3.63) is 60.7 Å². The molecule has 0 nitrogen and oxygen atoms in total. The molecule has 10 heterocycles. The topological polar surface area (TPSA) is 0 Å². The Balaban J connectivity index is 1.07. The minimum absolute atomic E-state index is 0.142. The van der Waals surface area contributed by atoms with Gasteiger partial charge in [0.1, 0.15) is 0 Å². The van der Waals surface area contributed by atoms with Crippen LogP contribution in [0.15, 0.2) is 60.7 Å². The maximum absolute atomic E-state index is 14.7. The van der Waals surface area contributed by atoms with Crippen LogP contribution in [0.1, 0.15) is 6.42 Å². The first kappa shape index (κ1) is 16.4. The van der Waals surface area contributed by atoms with E-state index >= 15 is 0 Å². The molecule has 10 fully saturated rings. The molecule has 0 amide bonds. The zero-order chi connectivity index (χ0) is 20.9. The van der Waals surface area contributed by atoms with E-state index in [2.05, 4.69) is 60.7 Å². The van der Waals surface area contributed by atoms with Crippen LogP contribution in [0.25, 0.3) is 0 Å². The molecule has 0 N–H and O–H groups in total. The number of hydrogen-bond acceptors (Lipinski definition) is 0. The summed E-state index contributed by atoms with van der Waals surface area (Å²) >= 11 is 0. The van der Waals surface area contributed by atoms with Gasteiger partial charge < -0.3 is 0 Å². The Morgan fingerprint density at radius 1 is 0.844 bits per heavy atom. The van der Waals surface area contributed by atoms with Gasteiger partial charge in [0, 0.05) is 0 Å². The first-order chi connectivity index (χ1) is 15.5. The summed E-state index contributed by atoms with van der Waals surface area (Å²) in [6, 6.07) is 22.8. The van der Waals surface area contributed by atoms with Gasteiger partial charge in [-0.15, -0.1) is 0 Å². The van der Waals surface area contributed by atoms with Gasteiger partial charge in [0.25, 0.3) is 0 Å². The van der Waals surface area contributed by atoms with Crippen LogP contribution < -0.4 is 10.6 Å². The Labute approximate surface area is 181 Å². The summed E-state index contributed by atoms with van der Waals surface area (Å²) in [6.45, 7) is -4.03. The molecule has 2 aromatic rings. The van der Waals surface area contributed by atoms with E-state index in [4.69, 9.17) is 0 Å². The molecule has 10 aliphatic rings. The van der Waals surface area contributed by atoms with Crippen molar-refractivity contribution in [2.75, 3.05) is 19.0 Å². The van der Waals surface area contributed by atoms with Crippen molar-refractivity contribution in [2.45, 2.75) is 59.5 Å². The molecule has 0 saturated carbocycles. The van der Waals surface area contributed by atoms with E-state index in [9.17, 15) is 8.78 Å². The Morgan fingerprint density at radius 3 is 1.88 bits per heavy atom. The molecule has 1 spiro atoms. The van der Waals surface area contributed by atoms with Gasteiger partial charge in [0.05, 0.1) is 0 Å². The SMILES string of the molecule is FCCC(F)CP[C]12[CH]3[CH]4[CH]5[C]1(CP(c1ccccc1)c1ccccc1)[Fe]45321678[CH]2[CH]1[CH]6[CH]7[CH]28. The molecule has 5 heteroatoms. The van der Waals surface area contributed by atoms with Crippen molar-refractivity contribution in [3.8, 4) is 0 Å². The third kappa shape index (κ3) is 0.348. The zero-order valence-corrected chi connectivity index (χ0v) is 20.9. The Kier molecular flexibility index (Phi) is 1.19. The number of alkyl halides is 2. The van der Waals surface area contributed by atoms with E-state index < -0.39 is 19.4 Å². The van der Waals surface area contributed by atoms with Crippen LogP contribution in [0.2, 0.25) is 42.8 Å². The van der Waals surface area contributed by atoms with Gasteiger partial charge in [-0.05, 0) is 0 Å². The van der Waals surface area contributed by atoms with E-state index in [1.165, 1.54) is 44.7 Å². The second-order valence-corrected chi connectivity index (χ2v) is 42.2. The molecule has 12 rings (SSSR count). The molecule has 0 aliphatic carbocycles. The molecule has 2 aromatic carbocycles. The normalized spacial score (nSPS) is 72.6. The first-order valence-electron chi connectivity index (χ1n) is 12.5. The molecule has 10 aliphatic heterocycles. The zero-order valence-electron chi connectivity index (χ0n) is 17.9. The van der Waals surface area contributed by atoms with Crippen LogP contribution in [0, 0.1) is 0 Å². The van der Waals surface area contributed by atoms with Crippen LogP contribution >= 0.6 is 16.5 Å². The van der Waals surface area contributed by atoms with Crippen LogP contribution in [0.4, 0.5) is 8.78 Å². The summed E-state index contributed by atoms with van der Waals surface area (Å²) in [7, 11) is 0.512. The summed E-state index contributed by atoms with van der Waals surface area (Å²) in [6.07, 6.45) is 1.41. The minimum atomic E-state index is -3.54. The van der Waals surface area contributed by atoms with Crippen molar-refractivity contribution in [3.63, 3.8) is 0 Å². The van der Waals surface area contributed by atoms with Crippen molar-refractivity contribution < 1.29 is 15.3 Å². The molecule has 7 unspecified atom stereocenters. The summed E-state index contributed by atoms with van der Waals surface area (Å²) in [4.78, 5) is 9.85. The fraction of sp³-hybridized carbons (Fsp3) is 0.556. The van der Waals surface area contributed by atoms with E-state index in [1.54, 1.807) is 10.6 Å². The fourth-order valence-corrected chi connectivity index (χ4v) is 115. The van der Waals surface area contributed by atoms with Crippen LogP contribution in [0.3, 0.4) is 0 Å². The summed E-state index contributed by atoms with van der Waals surface area (Å²) in [5.41, 5.74) is 0. The third-order valence-electron chi connectivity index (χ3n) is 18.7. The van der Waals surface area contributed by atoms with Gasteiger partial charge in [0.15, 0.2) is 0 Å². The monoisotopic (exact) mass is 508 g/mol. The fourth-order valence-electron chi connectivity index (χ4n) is 20.2. The average molecular weight is 508 g/mol. The van der Waals surface area contributed by atoms with Gasteiger partial charge in [0.2, 0.25) is 0 Å². The number of hydrogen-bond donors (Lipinski definition) is 0. The van der Waals surface area contributed by atoms with Gasteiger partial charge in [-0.3, -0.25) is 0 Å². The molecule has 0 aromatic heterocycles. The van der Waals surface area contributed by atoms with Gasteiger partial charge >= 0.3 is 182 Å². The Morgan fingerprint density at radius 2 is 1.41 bits per heavy atom. The number of benzene rings is 2. The van der Waals surface area contributed by atoms with Crippen molar-refractivity contribution in [1.29, 1.82) is 0 Å². The van der Waals surface area contributed by atoms with Crippen LogP contribution in [-0.2, 0) is 6.51 Å². The predicted molar refractivity (Wildman–Crippen MR) is 128 cm³/mol. The van der Waals surface area contributed by atoms with E-state index in [0.717, 1.165) is 12.9 Å². The Bertz CT molecular complexity index is 1580. The molecule has 0 radical (unpaired) electrons. The number of rotatable bonds is 9. The second kappa shape index (κ2) is 2.33. The van der Waals surface area contributed by atoms with Crippen molar-refractivity contribution in [1.82, 2.24) is 0 Å². The number of halogens is 2. The van der Waals surface area contributed by atoms with Gasteiger partial charge in [-0.1, -0.05) is 0 Å². The quantitative estimate of drug-likeness (QED) is 0.249. The predicted octanol–water partition coefficient (Wildman–Crippen LogP) is 7.16. The standard InChI is InChI=1S/C22H23F2P2.C5H5.Fe/c23-15-14-19(24)16-25-22-13-7-8-18(22)17-26(20-9-3-1-4-10-20)21-11-5-2-6-12-21;1-2-4-5-3-1;/h1-13,19,25H,14-17H2;1-5H;. The van der Waals surface area contributed by atoms with Crippen LogP contribution in [0.5, 0.6) is 0 Å². The molecule has 0 bridgehead atoms. The molecule has 7 atom stereocenters. The molecular weight excluding hydrogens is 480 g/mol. The maximum atomic E-state index is 14.7. The summed E-state index contributed by atoms with van der Waals surface area (Å²) < 4.78 is 29.0. The van der Waals surface area contributed by atoms with E-state index in [-0.39, 0.29) is 14.3 Å². The van der Waals surface area contributed by atoms with E-state index in [0.29, 0.717) is 10.2 Å². The Hall–Kier alpha value is -0.321. The summed E-state index contributed by atoms with van der Waals surface area (Å²) in [5.74, 6) is 0. The van der Waals surface area contributed by atoms with E-state index in [1.807, 2.05) is 0 Å². The average Bonchev–Trinajstić information content (AvgIpc) is 3.78. The number of fused-ring (bicyclic) bond motifs is 10. The van der Waals surface area contributed by atoms with Crippen molar-refractivity contribution in [2.24, 2.45) is 0 Å². The van der Waals surface area contributed by atoms with Gasteiger partial charge in [-0.25, -0.2) is 0 Å².